The van der Waals surface area contributed by atoms with Gasteiger partial charge in [-0.2, -0.15) is 0 Å². The first kappa shape index (κ1) is 12.7. The van der Waals surface area contributed by atoms with Gasteiger partial charge in [-0.1, -0.05) is 12.1 Å². The summed E-state index contributed by atoms with van der Waals surface area (Å²) < 4.78 is 0. The number of anilines is 2. The van der Waals surface area contributed by atoms with Crippen molar-refractivity contribution in [2.75, 3.05) is 11.1 Å². The van der Waals surface area contributed by atoms with E-state index < -0.39 is 0 Å². The first-order valence-corrected chi connectivity index (χ1v) is 6.93. The van der Waals surface area contributed by atoms with Gasteiger partial charge >= 0.3 is 0 Å². The van der Waals surface area contributed by atoms with Crippen molar-refractivity contribution in [3.63, 3.8) is 0 Å². The fraction of sp³-hybridized carbons (Fsp3) is 0.235. The highest BCUT2D eigenvalue weighted by Gasteiger charge is 2.13. The maximum atomic E-state index is 12.3. The number of hydrogen-bond donors (Lipinski definition) is 2. The molecule has 102 valence electrons. The molecule has 0 atom stereocenters. The lowest BCUT2D eigenvalue weighted by molar-refractivity contribution is 0.102. The number of nitrogen functional groups attached to an aromatic ring is 1. The highest BCUT2D eigenvalue weighted by atomic mass is 16.1. The molecule has 2 aromatic rings. The fourth-order valence-electron chi connectivity index (χ4n) is 2.73. The molecule has 0 unspecified atom stereocenters. The Kier molecular flexibility index (Phi) is 3.18. The minimum absolute atomic E-state index is 0.104. The van der Waals surface area contributed by atoms with E-state index in [1.54, 1.807) is 6.07 Å². The van der Waals surface area contributed by atoms with E-state index in [0.29, 0.717) is 11.3 Å². The number of carbonyl (C=O) groups excluding carboxylic acids is 1. The van der Waals surface area contributed by atoms with Gasteiger partial charge < -0.3 is 11.1 Å². The Bertz CT molecular complexity index is 677. The maximum Gasteiger partial charge on any atom is 0.256 e. The molecule has 0 saturated heterocycles. The quantitative estimate of drug-likeness (QED) is 0.819. The van der Waals surface area contributed by atoms with E-state index in [0.717, 1.165) is 24.1 Å². The summed E-state index contributed by atoms with van der Waals surface area (Å²) in [4.78, 5) is 12.3. The normalized spacial score (nSPS) is 13.1. The molecule has 3 nitrogen and oxygen atoms in total. The zero-order chi connectivity index (χ0) is 14.1. The summed E-state index contributed by atoms with van der Waals surface area (Å²) in [7, 11) is 0. The van der Waals surface area contributed by atoms with E-state index in [9.17, 15) is 4.79 Å². The Morgan fingerprint density at radius 1 is 1.10 bits per heavy atom. The molecule has 0 spiro atoms. The number of aryl methyl sites for hydroxylation is 3. The molecule has 3 N–H and O–H groups in total. The van der Waals surface area contributed by atoms with Crippen molar-refractivity contribution in [2.45, 2.75) is 26.2 Å². The van der Waals surface area contributed by atoms with Crippen molar-refractivity contribution >= 4 is 17.3 Å². The molecule has 0 fully saturated rings. The van der Waals surface area contributed by atoms with Crippen LogP contribution < -0.4 is 11.1 Å². The summed E-state index contributed by atoms with van der Waals surface area (Å²) in [6, 6.07) is 11.6. The lowest BCUT2D eigenvalue weighted by Crippen LogP contribution is -2.14. The summed E-state index contributed by atoms with van der Waals surface area (Å²) in [6.07, 6.45) is 3.47. The largest absolute Gasteiger partial charge is 0.399 e. The van der Waals surface area contributed by atoms with E-state index in [1.807, 2.05) is 25.1 Å². The second-order valence-corrected chi connectivity index (χ2v) is 5.37. The monoisotopic (exact) mass is 266 g/mol. The minimum Gasteiger partial charge on any atom is -0.399 e. The van der Waals surface area contributed by atoms with Gasteiger partial charge in [0.2, 0.25) is 0 Å². The van der Waals surface area contributed by atoms with Gasteiger partial charge in [0.15, 0.2) is 0 Å². The molecule has 0 aromatic heterocycles. The SMILES string of the molecule is Cc1ccc(N)cc1C(=O)Nc1ccc2c(c1)CCC2. The zero-order valence-electron chi connectivity index (χ0n) is 11.6. The smallest absolute Gasteiger partial charge is 0.256 e. The molecule has 3 rings (SSSR count). The van der Waals surface area contributed by atoms with Gasteiger partial charge in [-0.25, -0.2) is 0 Å². The maximum absolute atomic E-state index is 12.3. The number of carbonyl (C=O) groups is 1. The van der Waals surface area contributed by atoms with Crippen LogP contribution in [0.15, 0.2) is 36.4 Å². The topological polar surface area (TPSA) is 55.1 Å². The summed E-state index contributed by atoms with van der Waals surface area (Å²) in [5.41, 5.74) is 11.5. The van der Waals surface area contributed by atoms with Gasteiger partial charge in [0.05, 0.1) is 0 Å². The van der Waals surface area contributed by atoms with Crippen LogP contribution in [-0.2, 0) is 12.8 Å². The van der Waals surface area contributed by atoms with Crippen molar-refractivity contribution in [1.29, 1.82) is 0 Å². The number of fused-ring (bicyclic) bond motifs is 1. The summed E-state index contributed by atoms with van der Waals surface area (Å²) >= 11 is 0. The Morgan fingerprint density at radius 2 is 1.90 bits per heavy atom. The highest BCUT2D eigenvalue weighted by molar-refractivity contribution is 6.05. The van der Waals surface area contributed by atoms with Gasteiger partial charge in [-0.15, -0.1) is 0 Å². The lowest BCUT2D eigenvalue weighted by atomic mass is 10.1. The van der Waals surface area contributed by atoms with Crippen LogP contribution in [0.4, 0.5) is 11.4 Å². The molecular formula is C17H18N2O. The third-order valence-electron chi connectivity index (χ3n) is 3.86. The van der Waals surface area contributed by atoms with Crippen LogP contribution in [0, 0.1) is 6.92 Å². The predicted molar refractivity (Wildman–Crippen MR) is 82.0 cm³/mol. The van der Waals surface area contributed by atoms with Gasteiger partial charge in [0, 0.05) is 16.9 Å². The van der Waals surface area contributed by atoms with Crippen molar-refractivity contribution in [1.82, 2.24) is 0 Å². The fourth-order valence-corrected chi connectivity index (χ4v) is 2.73. The van der Waals surface area contributed by atoms with E-state index >= 15 is 0 Å². The third-order valence-corrected chi connectivity index (χ3v) is 3.86. The first-order chi connectivity index (χ1) is 9.63. The highest BCUT2D eigenvalue weighted by Crippen LogP contribution is 2.25. The molecule has 0 saturated carbocycles. The molecule has 0 aliphatic heterocycles. The number of nitrogens with two attached hydrogens (primary N) is 1. The van der Waals surface area contributed by atoms with E-state index in [2.05, 4.69) is 17.4 Å². The molecule has 0 bridgehead atoms. The molecule has 1 aliphatic carbocycles. The average Bonchev–Trinajstić information content (AvgIpc) is 2.89. The summed E-state index contributed by atoms with van der Waals surface area (Å²) in [5, 5.41) is 2.96. The van der Waals surface area contributed by atoms with Gasteiger partial charge in [0.25, 0.3) is 5.91 Å². The number of amides is 1. The number of hydrogen-bond acceptors (Lipinski definition) is 2. The van der Waals surface area contributed by atoms with Crippen LogP contribution in [-0.4, -0.2) is 5.91 Å². The van der Waals surface area contributed by atoms with Crippen LogP contribution in [0.1, 0.15) is 33.5 Å². The van der Waals surface area contributed by atoms with Crippen molar-refractivity contribution in [3.8, 4) is 0 Å². The number of nitrogens with one attached hydrogen (secondary N) is 1. The Balaban J connectivity index is 1.84. The van der Waals surface area contributed by atoms with E-state index in [1.165, 1.54) is 17.5 Å². The zero-order valence-corrected chi connectivity index (χ0v) is 11.6. The van der Waals surface area contributed by atoms with Crippen LogP contribution in [0.5, 0.6) is 0 Å². The number of rotatable bonds is 2. The van der Waals surface area contributed by atoms with Crippen molar-refractivity contribution < 1.29 is 4.79 Å². The standard InChI is InChI=1S/C17H18N2O/c1-11-5-7-14(18)10-16(11)17(20)19-15-8-6-12-3-2-4-13(12)9-15/h5-10H,2-4,18H2,1H3,(H,19,20). The molecular weight excluding hydrogens is 248 g/mol. The Labute approximate surface area is 118 Å². The predicted octanol–water partition coefficient (Wildman–Crippen LogP) is 3.32. The molecule has 0 radical (unpaired) electrons. The van der Waals surface area contributed by atoms with Gasteiger partial charge in [-0.05, 0) is 67.1 Å². The first-order valence-electron chi connectivity index (χ1n) is 6.93. The average molecular weight is 266 g/mol. The van der Waals surface area contributed by atoms with Crippen LogP contribution in [0.25, 0.3) is 0 Å². The molecule has 3 heteroatoms. The van der Waals surface area contributed by atoms with Crippen molar-refractivity contribution in [2.24, 2.45) is 0 Å². The molecule has 0 heterocycles. The van der Waals surface area contributed by atoms with E-state index in [4.69, 9.17) is 5.73 Å². The number of benzene rings is 2. The third kappa shape index (κ3) is 2.39. The molecule has 1 aliphatic rings. The molecule has 2 aromatic carbocycles. The van der Waals surface area contributed by atoms with Crippen LogP contribution >= 0.6 is 0 Å². The summed E-state index contributed by atoms with van der Waals surface area (Å²) in [6.45, 7) is 1.91. The second kappa shape index (κ2) is 5.00. The van der Waals surface area contributed by atoms with Crippen molar-refractivity contribution in [3.05, 3.63) is 58.7 Å². The Morgan fingerprint density at radius 3 is 2.75 bits per heavy atom. The van der Waals surface area contributed by atoms with Crippen LogP contribution in [0.3, 0.4) is 0 Å². The molecule has 1 amide bonds. The lowest BCUT2D eigenvalue weighted by Gasteiger charge is -2.10. The van der Waals surface area contributed by atoms with E-state index in [-0.39, 0.29) is 5.91 Å². The second-order valence-electron chi connectivity index (χ2n) is 5.37. The van der Waals surface area contributed by atoms with Gasteiger partial charge in [0.1, 0.15) is 0 Å². The Hall–Kier alpha value is -2.29. The minimum atomic E-state index is -0.104. The van der Waals surface area contributed by atoms with Crippen LogP contribution in [0.2, 0.25) is 0 Å². The van der Waals surface area contributed by atoms with Gasteiger partial charge in [-0.3, -0.25) is 4.79 Å². The molecule has 20 heavy (non-hydrogen) atoms. The summed E-state index contributed by atoms with van der Waals surface area (Å²) in [5.74, 6) is -0.104.